The van der Waals surface area contributed by atoms with Gasteiger partial charge in [0.2, 0.25) is 0 Å². The molecule has 17 heavy (non-hydrogen) atoms. The lowest BCUT2D eigenvalue weighted by molar-refractivity contribution is 0.101. The van der Waals surface area contributed by atoms with Gasteiger partial charge in [-0.1, -0.05) is 0 Å². The molecule has 3 heteroatoms. The van der Waals surface area contributed by atoms with Gasteiger partial charge in [0.1, 0.15) is 11.5 Å². The third-order valence-corrected chi connectivity index (χ3v) is 2.75. The second-order valence-corrected chi connectivity index (χ2v) is 3.82. The van der Waals surface area contributed by atoms with Crippen LogP contribution in [-0.4, -0.2) is 20.0 Å². The number of hydrogen-bond donors (Lipinski definition) is 0. The molecule has 0 radical (unpaired) electrons. The fraction of sp³-hybridized carbons (Fsp3) is 0.214. The van der Waals surface area contributed by atoms with Crippen molar-refractivity contribution in [2.45, 2.75) is 6.92 Å². The van der Waals surface area contributed by atoms with Gasteiger partial charge in [-0.05, 0) is 42.6 Å². The summed E-state index contributed by atoms with van der Waals surface area (Å²) in [7, 11) is 3.22. The van der Waals surface area contributed by atoms with Crippen LogP contribution in [0.1, 0.15) is 17.3 Å². The highest BCUT2D eigenvalue weighted by atomic mass is 16.5. The molecule has 0 N–H and O–H groups in total. The maximum atomic E-state index is 11.4. The smallest absolute Gasteiger partial charge is 0.159 e. The van der Waals surface area contributed by atoms with E-state index < -0.39 is 0 Å². The SMILES string of the molecule is COc1ccc2c(OC)cc(C(C)=O)cc2c1. The van der Waals surface area contributed by atoms with E-state index >= 15 is 0 Å². The average Bonchev–Trinajstić information content (AvgIpc) is 2.36. The first-order valence-corrected chi connectivity index (χ1v) is 5.32. The predicted molar refractivity (Wildman–Crippen MR) is 67.1 cm³/mol. The van der Waals surface area contributed by atoms with Gasteiger partial charge in [0.25, 0.3) is 0 Å². The highest BCUT2D eigenvalue weighted by Crippen LogP contribution is 2.30. The van der Waals surface area contributed by atoms with Gasteiger partial charge in [-0.3, -0.25) is 4.79 Å². The molecule has 0 aliphatic rings. The molecule has 2 rings (SSSR count). The number of ketones is 1. The molecule has 0 unspecified atom stereocenters. The first-order chi connectivity index (χ1) is 8.15. The van der Waals surface area contributed by atoms with Crippen LogP contribution < -0.4 is 9.47 Å². The van der Waals surface area contributed by atoms with E-state index in [2.05, 4.69) is 0 Å². The fourth-order valence-corrected chi connectivity index (χ4v) is 1.81. The summed E-state index contributed by atoms with van der Waals surface area (Å²) >= 11 is 0. The van der Waals surface area contributed by atoms with Crippen molar-refractivity contribution in [1.29, 1.82) is 0 Å². The summed E-state index contributed by atoms with van der Waals surface area (Å²) in [6, 6.07) is 9.30. The van der Waals surface area contributed by atoms with E-state index in [1.165, 1.54) is 0 Å². The number of ether oxygens (including phenoxy) is 2. The standard InChI is InChI=1S/C14H14O3/c1-9(15)10-6-11-7-12(16-2)4-5-13(11)14(8-10)17-3/h4-8H,1-3H3. The number of rotatable bonds is 3. The summed E-state index contributed by atoms with van der Waals surface area (Å²) < 4.78 is 10.5. The van der Waals surface area contributed by atoms with E-state index in [0.29, 0.717) is 11.3 Å². The second kappa shape index (κ2) is 4.45. The quantitative estimate of drug-likeness (QED) is 0.760. The van der Waals surface area contributed by atoms with Gasteiger partial charge >= 0.3 is 0 Å². The lowest BCUT2D eigenvalue weighted by atomic mass is 10.0. The maximum Gasteiger partial charge on any atom is 0.159 e. The number of hydrogen-bond acceptors (Lipinski definition) is 3. The van der Waals surface area contributed by atoms with Crippen molar-refractivity contribution in [3.05, 3.63) is 35.9 Å². The first kappa shape index (κ1) is 11.5. The topological polar surface area (TPSA) is 35.5 Å². The molecular formula is C14H14O3. The summed E-state index contributed by atoms with van der Waals surface area (Å²) in [6.07, 6.45) is 0. The lowest BCUT2D eigenvalue weighted by Gasteiger charge is -2.09. The minimum Gasteiger partial charge on any atom is -0.497 e. The van der Waals surface area contributed by atoms with Crippen molar-refractivity contribution < 1.29 is 14.3 Å². The Labute approximate surface area is 100.0 Å². The van der Waals surface area contributed by atoms with Crippen LogP contribution in [0.4, 0.5) is 0 Å². The zero-order valence-corrected chi connectivity index (χ0v) is 10.1. The predicted octanol–water partition coefficient (Wildman–Crippen LogP) is 3.06. The summed E-state index contributed by atoms with van der Waals surface area (Å²) in [6.45, 7) is 1.54. The van der Waals surface area contributed by atoms with Crippen LogP contribution in [0, 0.1) is 0 Å². The fourth-order valence-electron chi connectivity index (χ4n) is 1.81. The molecule has 0 aliphatic carbocycles. The van der Waals surface area contributed by atoms with Crippen molar-refractivity contribution in [3.63, 3.8) is 0 Å². The molecule has 3 nitrogen and oxygen atoms in total. The van der Waals surface area contributed by atoms with Crippen LogP contribution in [-0.2, 0) is 0 Å². The number of fused-ring (bicyclic) bond motifs is 1. The number of carbonyl (C=O) groups excluding carboxylic acids is 1. The largest absolute Gasteiger partial charge is 0.497 e. The van der Waals surface area contributed by atoms with Crippen LogP contribution >= 0.6 is 0 Å². The van der Waals surface area contributed by atoms with Crippen molar-refractivity contribution in [2.24, 2.45) is 0 Å². The molecule has 0 saturated heterocycles. The van der Waals surface area contributed by atoms with Crippen LogP contribution in [0.3, 0.4) is 0 Å². The maximum absolute atomic E-state index is 11.4. The average molecular weight is 230 g/mol. The Hall–Kier alpha value is -2.03. The molecule has 0 aliphatic heterocycles. The Balaban J connectivity index is 2.73. The summed E-state index contributed by atoms with van der Waals surface area (Å²) in [4.78, 5) is 11.4. The molecule has 0 atom stereocenters. The Bertz CT molecular complexity index is 573. The number of benzene rings is 2. The molecule has 2 aromatic rings. The van der Waals surface area contributed by atoms with Crippen LogP contribution in [0.5, 0.6) is 11.5 Å². The van der Waals surface area contributed by atoms with Gasteiger partial charge in [-0.2, -0.15) is 0 Å². The van der Waals surface area contributed by atoms with Gasteiger partial charge in [-0.25, -0.2) is 0 Å². The van der Waals surface area contributed by atoms with Crippen LogP contribution in [0.25, 0.3) is 10.8 Å². The highest BCUT2D eigenvalue weighted by molar-refractivity contribution is 6.01. The van der Waals surface area contributed by atoms with Gasteiger partial charge in [0, 0.05) is 10.9 Å². The van der Waals surface area contributed by atoms with Gasteiger partial charge in [0.15, 0.2) is 5.78 Å². The molecule has 0 spiro atoms. The zero-order valence-electron chi connectivity index (χ0n) is 10.1. The van der Waals surface area contributed by atoms with Crippen LogP contribution in [0.2, 0.25) is 0 Å². The highest BCUT2D eigenvalue weighted by Gasteiger charge is 2.08. The molecule has 0 heterocycles. The van der Waals surface area contributed by atoms with E-state index in [9.17, 15) is 4.79 Å². The van der Waals surface area contributed by atoms with Gasteiger partial charge in [-0.15, -0.1) is 0 Å². The number of Topliss-reactive ketones (excluding diaryl/α,β-unsaturated/α-hetero) is 1. The molecule has 88 valence electrons. The minimum absolute atomic E-state index is 0.0213. The number of carbonyl (C=O) groups is 1. The monoisotopic (exact) mass is 230 g/mol. The minimum atomic E-state index is 0.0213. The zero-order chi connectivity index (χ0) is 12.4. The van der Waals surface area contributed by atoms with Gasteiger partial charge < -0.3 is 9.47 Å². The van der Waals surface area contributed by atoms with E-state index in [0.717, 1.165) is 16.5 Å². The Morgan fingerprint density at radius 2 is 1.82 bits per heavy atom. The Morgan fingerprint density at radius 3 is 2.41 bits per heavy atom. The van der Waals surface area contributed by atoms with E-state index in [4.69, 9.17) is 9.47 Å². The summed E-state index contributed by atoms with van der Waals surface area (Å²) in [5.41, 5.74) is 0.641. The molecule has 0 amide bonds. The molecule has 0 aromatic heterocycles. The number of methoxy groups -OCH3 is 2. The van der Waals surface area contributed by atoms with Crippen molar-refractivity contribution in [3.8, 4) is 11.5 Å². The molecule has 2 aromatic carbocycles. The Kier molecular flexibility index (Phi) is 3.00. The molecule has 0 fully saturated rings. The molecule has 0 bridgehead atoms. The van der Waals surface area contributed by atoms with Crippen LogP contribution in [0.15, 0.2) is 30.3 Å². The molecular weight excluding hydrogens is 216 g/mol. The third-order valence-electron chi connectivity index (χ3n) is 2.75. The van der Waals surface area contributed by atoms with E-state index in [1.54, 1.807) is 27.2 Å². The van der Waals surface area contributed by atoms with E-state index in [-0.39, 0.29) is 5.78 Å². The summed E-state index contributed by atoms with van der Waals surface area (Å²) in [5, 5.41) is 1.91. The lowest BCUT2D eigenvalue weighted by Crippen LogP contribution is -1.95. The van der Waals surface area contributed by atoms with Crippen molar-refractivity contribution in [2.75, 3.05) is 14.2 Å². The first-order valence-electron chi connectivity index (χ1n) is 5.32. The Morgan fingerprint density at radius 1 is 1.06 bits per heavy atom. The van der Waals surface area contributed by atoms with Crippen molar-refractivity contribution in [1.82, 2.24) is 0 Å². The van der Waals surface area contributed by atoms with Gasteiger partial charge in [0.05, 0.1) is 14.2 Å². The second-order valence-electron chi connectivity index (χ2n) is 3.82. The summed E-state index contributed by atoms with van der Waals surface area (Å²) in [5.74, 6) is 1.49. The normalized spacial score (nSPS) is 10.3. The van der Waals surface area contributed by atoms with E-state index in [1.807, 2.05) is 24.3 Å². The van der Waals surface area contributed by atoms with Crippen molar-refractivity contribution >= 4 is 16.6 Å². The molecule has 0 saturated carbocycles. The third kappa shape index (κ3) is 2.09.